The van der Waals surface area contributed by atoms with E-state index in [0.717, 1.165) is 36.4 Å². The number of rotatable bonds is 4. The van der Waals surface area contributed by atoms with Crippen molar-refractivity contribution in [2.45, 2.75) is 51.0 Å². The SMILES string of the molecule is Cc1nc(C=CC(=O)NCC2(O)CCCCCC2)cs1. The number of nitrogens with one attached hydrogen (secondary N) is 1. The maximum absolute atomic E-state index is 11.8. The molecule has 1 aliphatic carbocycles. The van der Waals surface area contributed by atoms with Crippen LogP contribution in [0, 0.1) is 6.92 Å². The first-order valence-corrected chi connectivity index (χ1v) is 8.06. The summed E-state index contributed by atoms with van der Waals surface area (Å²) in [5.74, 6) is -0.173. The topological polar surface area (TPSA) is 62.2 Å². The predicted octanol–water partition coefficient (Wildman–Crippen LogP) is 2.67. The number of nitrogens with zero attached hydrogens (tertiary/aromatic N) is 1. The van der Waals surface area contributed by atoms with E-state index in [2.05, 4.69) is 10.3 Å². The lowest BCUT2D eigenvalue weighted by molar-refractivity contribution is -0.117. The summed E-state index contributed by atoms with van der Waals surface area (Å²) in [5.41, 5.74) is 0.0767. The molecule has 0 atom stereocenters. The highest BCUT2D eigenvalue weighted by Crippen LogP contribution is 2.26. The zero-order valence-corrected chi connectivity index (χ0v) is 12.7. The summed E-state index contributed by atoms with van der Waals surface area (Å²) >= 11 is 1.56. The molecular formula is C15H22N2O2S. The Balaban J connectivity index is 1.80. The summed E-state index contributed by atoms with van der Waals surface area (Å²) in [7, 11) is 0. The van der Waals surface area contributed by atoms with Gasteiger partial charge in [-0.15, -0.1) is 11.3 Å². The molecule has 2 rings (SSSR count). The number of amides is 1. The molecule has 1 aromatic rings. The summed E-state index contributed by atoms with van der Waals surface area (Å²) in [4.78, 5) is 16.0. The van der Waals surface area contributed by atoms with Gasteiger partial charge in [-0.25, -0.2) is 4.98 Å². The van der Waals surface area contributed by atoms with Crippen LogP contribution >= 0.6 is 11.3 Å². The molecule has 1 aromatic heterocycles. The van der Waals surface area contributed by atoms with E-state index in [1.54, 1.807) is 17.4 Å². The van der Waals surface area contributed by atoms with Crippen molar-refractivity contribution in [3.8, 4) is 0 Å². The molecule has 1 amide bonds. The molecule has 1 saturated carbocycles. The Morgan fingerprint density at radius 1 is 1.45 bits per heavy atom. The second-order valence-corrected chi connectivity index (χ2v) is 6.54. The Morgan fingerprint density at radius 2 is 2.15 bits per heavy atom. The number of hydrogen-bond donors (Lipinski definition) is 2. The Kier molecular flexibility index (Phi) is 5.31. The van der Waals surface area contributed by atoms with Crippen molar-refractivity contribution in [1.29, 1.82) is 0 Å². The highest BCUT2D eigenvalue weighted by atomic mass is 32.1. The first-order chi connectivity index (χ1) is 9.57. The third-order valence-electron chi connectivity index (χ3n) is 3.67. The van der Waals surface area contributed by atoms with Crippen molar-refractivity contribution in [1.82, 2.24) is 10.3 Å². The van der Waals surface area contributed by atoms with Gasteiger partial charge in [0.2, 0.25) is 5.91 Å². The van der Waals surface area contributed by atoms with Gasteiger partial charge in [-0.05, 0) is 25.8 Å². The third kappa shape index (κ3) is 4.72. The van der Waals surface area contributed by atoms with E-state index in [0.29, 0.717) is 6.54 Å². The lowest BCUT2D eigenvalue weighted by Gasteiger charge is -2.26. The number of carbonyl (C=O) groups is 1. The van der Waals surface area contributed by atoms with Crippen LogP contribution in [0.15, 0.2) is 11.5 Å². The first kappa shape index (κ1) is 15.2. The number of thiazole rings is 1. The van der Waals surface area contributed by atoms with E-state index < -0.39 is 5.60 Å². The van der Waals surface area contributed by atoms with E-state index in [1.165, 1.54) is 18.9 Å². The van der Waals surface area contributed by atoms with Crippen LogP contribution in [0.2, 0.25) is 0 Å². The molecular weight excluding hydrogens is 272 g/mol. The Labute approximate surface area is 123 Å². The van der Waals surface area contributed by atoms with Crippen molar-refractivity contribution >= 4 is 23.3 Å². The Morgan fingerprint density at radius 3 is 2.75 bits per heavy atom. The number of aryl methyl sites for hydroxylation is 1. The molecule has 4 nitrogen and oxygen atoms in total. The third-order valence-corrected chi connectivity index (χ3v) is 4.46. The fourth-order valence-electron chi connectivity index (χ4n) is 2.49. The Hall–Kier alpha value is -1.20. The minimum Gasteiger partial charge on any atom is -0.388 e. The molecule has 20 heavy (non-hydrogen) atoms. The van der Waals surface area contributed by atoms with E-state index in [-0.39, 0.29) is 5.91 Å². The molecule has 1 aliphatic rings. The lowest BCUT2D eigenvalue weighted by atomic mass is 9.94. The molecule has 1 heterocycles. The number of hydrogen-bond acceptors (Lipinski definition) is 4. The zero-order valence-electron chi connectivity index (χ0n) is 11.9. The fraction of sp³-hybridized carbons (Fsp3) is 0.600. The largest absolute Gasteiger partial charge is 0.388 e. The highest BCUT2D eigenvalue weighted by Gasteiger charge is 2.27. The van der Waals surface area contributed by atoms with Gasteiger partial charge in [0.25, 0.3) is 0 Å². The lowest BCUT2D eigenvalue weighted by Crippen LogP contribution is -2.42. The van der Waals surface area contributed by atoms with Crippen molar-refractivity contribution in [3.05, 3.63) is 22.2 Å². The van der Waals surface area contributed by atoms with Crippen molar-refractivity contribution in [2.75, 3.05) is 6.54 Å². The van der Waals surface area contributed by atoms with E-state index in [9.17, 15) is 9.90 Å². The summed E-state index contributed by atoms with van der Waals surface area (Å²) in [6, 6.07) is 0. The molecule has 2 N–H and O–H groups in total. The van der Waals surface area contributed by atoms with Gasteiger partial charge >= 0.3 is 0 Å². The van der Waals surface area contributed by atoms with E-state index >= 15 is 0 Å². The maximum atomic E-state index is 11.8. The van der Waals surface area contributed by atoms with E-state index in [1.807, 2.05) is 12.3 Å². The number of aliphatic hydroxyl groups is 1. The van der Waals surface area contributed by atoms with Gasteiger partial charge in [-0.2, -0.15) is 0 Å². The average Bonchev–Trinajstić information content (AvgIpc) is 2.71. The molecule has 0 unspecified atom stereocenters. The van der Waals surface area contributed by atoms with Crippen LogP contribution in [0.3, 0.4) is 0 Å². The maximum Gasteiger partial charge on any atom is 0.244 e. The van der Waals surface area contributed by atoms with Gasteiger partial charge in [0.1, 0.15) is 0 Å². The van der Waals surface area contributed by atoms with Crippen LogP contribution in [-0.2, 0) is 4.79 Å². The van der Waals surface area contributed by atoms with Gasteiger partial charge in [-0.1, -0.05) is 25.7 Å². The smallest absolute Gasteiger partial charge is 0.244 e. The fourth-order valence-corrected chi connectivity index (χ4v) is 3.07. The minimum atomic E-state index is -0.725. The quantitative estimate of drug-likeness (QED) is 0.663. The van der Waals surface area contributed by atoms with Crippen LogP contribution in [0.25, 0.3) is 6.08 Å². The van der Waals surface area contributed by atoms with Gasteiger partial charge in [0.05, 0.1) is 16.3 Å². The zero-order chi connectivity index (χ0) is 14.4. The summed E-state index contributed by atoms with van der Waals surface area (Å²) in [6.45, 7) is 2.27. The molecule has 110 valence electrons. The molecule has 0 saturated heterocycles. The molecule has 0 spiro atoms. The van der Waals surface area contributed by atoms with Crippen LogP contribution in [0.5, 0.6) is 0 Å². The van der Waals surface area contributed by atoms with Crippen molar-refractivity contribution in [2.24, 2.45) is 0 Å². The molecule has 0 radical (unpaired) electrons. The van der Waals surface area contributed by atoms with Crippen LogP contribution in [0.1, 0.15) is 49.2 Å². The summed E-state index contributed by atoms with van der Waals surface area (Å²) in [6.07, 6.45) is 9.19. The first-order valence-electron chi connectivity index (χ1n) is 7.18. The number of carbonyl (C=O) groups excluding carboxylic acids is 1. The van der Waals surface area contributed by atoms with Gasteiger partial charge < -0.3 is 10.4 Å². The minimum absolute atomic E-state index is 0.173. The van der Waals surface area contributed by atoms with Crippen LogP contribution in [-0.4, -0.2) is 28.1 Å². The van der Waals surface area contributed by atoms with Crippen molar-refractivity contribution in [3.63, 3.8) is 0 Å². The van der Waals surface area contributed by atoms with Gasteiger partial charge in [0.15, 0.2) is 0 Å². The van der Waals surface area contributed by atoms with E-state index in [4.69, 9.17) is 0 Å². The van der Waals surface area contributed by atoms with Crippen LogP contribution in [0.4, 0.5) is 0 Å². The second-order valence-electron chi connectivity index (χ2n) is 5.48. The molecule has 0 aliphatic heterocycles. The summed E-state index contributed by atoms with van der Waals surface area (Å²) in [5, 5.41) is 16.1. The molecule has 5 heteroatoms. The molecule has 0 bridgehead atoms. The highest BCUT2D eigenvalue weighted by molar-refractivity contribution is 7.09. The normalized spacial score (nSPS) is 18.9. The monoisotopic (exact) mass is 294 g/mol. The van der Waals surface area contributed by atoms with Gasteiger partial charge in [-0.3, -0.25) is 4.79 Å². The predicted molar refractivity (Wildman–Crippen MR) is 81.5 cm³/mol. The van der Waals surface area contributed by atoms with Crippen molar-refractivity contribution < 1.29 is 9.90 Å². The molecule has 1 fully saturated rings. The molecule has 0 aromatic carbocycles. The van der Waals surface area contributed by atoms with Gasteiger partial charge in [0, 0.05) is 18.0 Å². The Bertz CT molecular complexity index is 474. The average molecular weight is 294 g/mol. The number of aromatic nitrogens is 1. The standard InChI is InChI=1S/C15H22N2O2S/c1-12-17-13(10-20-12)6-7-14(18)16-11-15(19)8-4-2-3-5-9-15/h6-7,10,19H,2-5,8-9,11H2,1H3,(H,16,18). The second kappa shape index (κ2) is 6.99. The van der Waals surface area contributed by atoms with Crippen LogP contribution < -0.4 is 5.32 Å². The summed E-state index contributed by atoms with van der Waals surface area (Å²) < 4.78 is 0.